The third-order valence-corrected chi connectivity index (χ3v) is 6.50. The van der Waals surface area contributed by atoms with Gasteiger partial charge in [0, 0.05) is 20.0 Å². The summed E-state index contributed by atoms with van der Waals surface area (Å²) in [6, 6.07) is 28.2. The Bertz CT molecular complexity index is 1430. The van der Waals surface area contributed by atoms with E-state index in [9.17, 15) is 14.7 Å². The van der Waals surface area contributed by atoms with Gasteiger partial charge in [0.2, 0.25) is 0 Å². The van der Waals surface area contributed by atoms with Crippen LogP contribution in [0.3, 0.4) is 0 Å². The zero-order chi connectivity index (χ0) is 26.7. The van der Waals surface area contributed by atoms with Gasteiger partial charge in [0.25, 0.3) is 5.56 Å². The number of aromatic nitrogens is 2. The van der Waals surface area contributed by atoms with Gasteiger partial charge in [-0.15, -0.1) is 0 Å². The molecule has 4 atom stereocenters. The number of nitrogens with zero attached hydrogens (tertiary/aromatic N) is 1. The SMILES string of the molecule is [2H][C@@H]1[C@H](O)[C@@H](COC(c2ccccc2)(c2ccccc2)c2ccc(OC)cc2)O[C@H]1n1ccc(=O)[nH]c1=O. The lowest BCUT2D eigenvalue weighted by atomic mass is 9.80. The predicted octanol–water partition coefficient (Wildman–Crippen LogP) is 3.20. The van der Waals surface area contributed by atoms with Crippen LogP contribution in [-0.4, -0.2) is 40.6 Å². The zero-order valence-electron chi connectivity index (χ0n) is 21.2. The monoisotopic (exact) mass is 501 g/mol. The molecule has 2 heterocycles. The number of H-pyrrole nitrogens is 1. The molecule has 0 amide bonds. The Morgan fingerprint density at radius 2 is 1.57 bits per heavy atom. The lowest BCUT2D eigenvalue weighted by Crippen LogP contribution is -2.38. The number of aromatic amines is 1. The fourth-order valence-electron chi connectivity index (χ4n) is 4.65. The Morgan fingerprint density at radius 1 is 0.973 bits per heavy atom. The summed E-state index contributed by atoms with van der Waals surface area (Å²) in [6.45, 7) is -0.0824. The van der Waals surface area contributed by atoms with E-state index >= 15 is 0 Å². The second kappa shape index (κ2) is 10.6. The molecule has 1 saturated heterocycles. The first kappa shape index (κ1) is 23.4. The minimum atomic E-state index is -1.24. The molecule has 0 unspecified atom stereocenters. The molecular formula is C29H28N2O6. The van der Waals surface area contributed by atoms with E-state index < -0.39 is 41.7 Å². The van der Waals surface area contributed by atoms with E-state index in [0.717, 1.165) is 21.3 Å². The maximum atomic E-state index is 12.3. The molecule has 0 aliphatic carbocycles. The summed E-state index contributed by atoms with van der Waals surface area (Å²) in [7, 11) is 1.60. The van der Waals surface area contributed by atoms with Gasteiger partial charge in [0.05, 0.1) is 19.8 Å². The normalized spacial score (nSPS) is 21.9. The molecule has 0 spiro atoms. The van der Waals surface area contributed by atoms with Crippen molar-refractivity contribution in [3.05, 3.63) is 135 Å². The Morgan fingerprint density at radius 3 is 2.14 bits per heavy atom. The average Bonchev–Trinajstić information content (AvgIpc) is 3.23. The maximum absolute atomic E-state index is 12.3. The molecular weight excluding hydrogens is 472 g/mol. The summed E-state index contributed by atoms with van der Waals surface area (Å²) in [4.78, 5) is 26.0. The number of aliphatic hydroxyl groups excluding tert-OH is 1. The van der Waals surface area contributed by atoms with Gasteiger partial charge in [0.1, 0.15) is 23.7 Å². The van der Waals surface area contributed by atoms with Crippen molar-refractivity contribution in [3.63, 3.8) is 0 Å². The molecule has 4 aromatic rings. The van der Waals surface area contributed by atoms with Gasteiger partial charge in [-0.25, -0.2) is 4.79 Å². The molecule has 1 aliphatic rings. The van der Waals surface area contributed by atoms with Crippen molar-refractivity contribution in [2.24, 2.45) is 0 Å². The molecule has 0 radical (unpaired) electrons. The molecule has 8 nitrogen and oxygen atoms in total. The highest BCUT2D eigenvalue weighted by Crippen LogP contribution is 2.42. The number of benzene rings is 3. The van der Waals surface area contributed by atoms with Crippen LogP contribution in [-0.2, 0) is 15.1 Å². The van der Waals surface area contributed by atoms with Crippen molar-refractivity contribution in [3.8, 4) is 5.75 Å². The topological polar surface area (TPSA) is 103 Å². The van der Waals surface area contributed by atoms with Crippen LogP contribution in [0.1, 0.15) is 30.7 Å². The lowest BCUT2D eigenvalue weighted by Gasteiger charge is -2.37. The number of nitrogens with one attached hydrogen (secondary N) is 1. The van der Waals surface area contributed by atoms with Gasteiger partial charge in [-0.05, 0) is 28.8 Å². The van der Waals surface area contributed by atoms with Crippen molar-refractivity contribution in [2.45, 2.75) is 30.4 Å². The van der Waals surface area contributed by atoms with Crippen molar-refractivity contribution in [2.75, 3.05) is 13.7 Å². The highest BCUT2D eigenvalue weighted by molar-refractivity contribution is 5.48. The van der Waals surface area contributed by atoms with Gasteiger partial charge >= 0.3 is 5.69 Å². The highest BCUT2D eigenvalue weighted by atomic mass is 16.6. The van der Waals surface area contributed by atoms with Crippen LogP contribution in [0.15, 0.2) is 107 Å². The number of ether oxygens (including phenoxy) is 3. The molecule has 0 saturated carbocycles. The van der Waals surface area contributed by atoms with Crippen LogP contribution in [0.4, 0.5) is 0 Å². The number of methoxy groups -OCH3 is 1. The predicted molar refractivity (Wildman–Crippen MR) is 138 cm³/mol. The average molecular weight is 502 g/mol. The Balaban J connectivity index is 1.54. The standard InChI is InChI=1S/C29H28N2O6/c1-35-23-14-12-22(13-15-23)29(20-8-4-2-5-9-20,21-10-6-3-7-11-21)36-19-25-24(32)18-27(37-25)31-17-16-26(33)30-28(31)34/h2-17,24-25,27,32H,18-19H2,1H3,(H,30,33,34)/t24-,25+,27+/m0/s1/i18D/t18-,24+,25-,27-/m1. The molecule has 0 bridgehead atoms. The third kappa shape index (κ3) is 4.86. The summed E-state index contributed by atoms with van der Waals surface area (Å²) in [5.41, 5.74) is 0.205. The Kier molecular flexibility index (Phi) is 6.68. The van der Waals surface area contributed by atoms with E-state index in [-0.39, 0.29) is 6.61 Å². The minimum Gasteiger partial charge on any atom is -0.497 e. The van der Waals surface area contributed by atoms with Crippen molar-refractivity contribution < 1.29 is 20.7 Å². The van der Waals surface area contributed by atoms with Crippen LogP contribution in [0, 0.1) is 0 Å². The lowest BCUT2D eigenvalue weighted by molar-refractivity contribution is -0.0944. The summed E-state index contributed by atoms with van der Waals surface area (Å²) in [6.07, 6.45) is -3.15. The van der Waals surface area contributed by atoms with E-state index in [4.69, 9.17) is 15.6 Å². The maximum Gasteiger partial charge on any atom is 0.330 e. The second-order valence-electron chi connectivity index (χ2n) is 8.72. The quantitative estimate of drug-likeness (QED) is 0.360. The van der Waals surface area contributed by atoms with Gasteiger partial charge in [0.15, 0.2) is 0 Å². The molecule has 2 N–H and O–H groups in total. The van der Waals surface area contributed by atoms with Crippen LogP contribution >= 0.6 is 0 Å². The molecule has 37 heavy (non-hydrogen) atoms. The van der Waals surface area contributed by atoms with Gasteiger partial charge < -0.3 is 19.3 Å². The Hall–Kier alpha value is -3.98. The molecule has 190 valence electrons. The number of hydrogen-bond acceptors (Lipinski definition) is 6. The first-order chi connectivity index (χ1) is 18.4. The second-order valence-corrected chi connectivity index (χ2v) is 8.72. The zero-order valence-corrected chi connectivity index (χ0v) is 20.2. The Labute approximate surface area is 215 Å². The van der Waals surface area contributed by atoms with Crippen molar-refractivity contribution in [1.82, 2.24) is 9.55 Å². The van der Waals surface area contributed by atoms with Gasteiger partial charge in [-0.1, -0.05) is 72.8 Å². The van der Waals surface area contributed by atoms with E-state index in [1.165, 1.54) is 12.3 Å². The summed E-state index contributed by atoms with van der Waals surface area (Å²) in [5.74, 6) is 0.699. The van der Waals surface area contributed by atoms with E-state index in [0.29, 0.717) is 5.75 Å². The van der Waals surface area contributed by atoms with E-state index in [1.54, 1.807) is 7.11 Å². The molecule has 3 aromatic carbocycles. The molecule has 8 heteroatoms. The summed E-state index contributed by atoms with van der Waals surface area (Å²) in [5, 5.41) is 10.9. The summed E-state index contributed by atoms with van der Waals surface area (Å²) < 4.78 is 27.7. The first-order valence-corrected chi connectivity index (χ1v) is 11.9. The minimum absolute atomic E-state index is 0.0824. The van der Waals surface area contributed by atoms with Crippen LogP contribution in [0.25, 0.3) is 0 Å². The molecule has 1 aliphatic heterocycles. The fraction of sp³-hybridized carbons (Fsp3) is 0.241. The largest absolute Gasteiger partial charge is 0.497 e. The summed E-state index contributed by atoms with van der Waals surface area (Å²) >= 11 is 0. The molecule has 5 rings (SSSR count). The van der Waals surface area contributed by atoms with Crippen molar-refractivity contribution >= 4 is 0 Å². The van der Waals surface area contributed by atoms with Gasteiger partial charge in [-0.2, -0.15) is 0 Å². The highest BCUT2D eigenvalue weighted by Gasteiger charge is 2.42. The van der Waals surface area contributed by atoms with E-state index in [2.05, 4.69) is 4.98 Å². The van der Waals surface area contributed by atoms with Crippen LogP contribution in [0.5, 0.6) is 5.75 Å². The number of aliphatic hydroxyl groups is 1. The van der Waals surface area contributed by atoms with Gasteiger partial charge in [-0.3, -0.25) is 14.3 Å². The van der Waals surface area contributed by atoms with E-state index in [1.807, 2.05) is 84.9 Å². The molecule has 1 fully saturated rings. The first-order valence-electron chi connectivity index (χ1n) is 12.5. The number of hydrogen-bond donors (Lipinski definition) is 2. The van der Waals surface area contributed by atoms with Crippen molar-refractivity contribution in [1.29, 1.82) is 0 Å². The number of rotatable bonds is 8. The molecule has 1 aromatic heterocycles. The third-order valence-electron chi connectivity index (χ3n) is 6.50. The van der Waals surface area contributed by atoms with Crippen LogP contribution < -0.4 is 16.0 Å². The van der Waals surface area contributed by atoms with Crippen LogP contribution in [0.2, 0.25) is 0 Å². The fourth-order valence-corrected chi connectivity index (χ4v) is 4.65. The smallest absolute Gasteiger partial charge is 0.330 e.